The van der Waals surface area contributed by atoms with Crippen LogP contribution in [0.1, 0.15) is 42.5 Å². The van der Waals surface area contributed by atoms with Gasteiger partial charge in [-0.05, 0) is 42.0 Å². The number of carbonyl (C=O) groups excluding carboxylic acids is 2. The standard InChI is InChI=1S/C21H24N4O4S/c1-2-4-15(21(27)25-10-8-17-14(13-25)9-12-30-17)22-18(26)6-7-19-23-20(24-29-19)16-5-3-11-28-16/h3,5,9,11-12,15H,2,4,6-8,10,13H2,1H3,(H,22,26). The number of nitrogens with zero attached hydrogens (tertiary/aromatic N) is 3. The van der Waals surface area contributed by atoms with E-state index in [1.165, 1.54) is 16.7 Å². The number of nitrogens with one attached hydrogen (secondary N) is 1. The molecule has 9 heteroatoms. The Bertz CT molecular complexity index is 995. The highest BCUT2D eigenvalue weighted by Crippen LogP contribution is 2.24. The average Bonchev–Trinajstić information content (AvgIpc) is 3.52. The number of hydrogen-bond acceptors (Lipinski definition) is 7. The number of amides is 2. The first-order valence-corrected chi connectivity index (χ1v) is 11.0. The molecule has 3 aromatic rings. The van der Waals surface area contributed by atoms with E-state index in [-0.39, 0.29) is 18.2 Å². The van der Waals surface area contributed by atoms with Crippen LogP contribution in [0.25, 0.3) is 11.6 Å². The normalized spacial score (nSPS) is 14.4. The van der Waals surface area contributed by atoms with Crippen LogP contribution in [0.2, 0.25) is 0 Å². The minimum atomic E-state index is -0.510. The van der Waals surface area contributed by atoms with Gasteiger partial charge < -0.3 is 19.2 Å². The fourth-order valence-electron chi connectivity index (χ4n) is 3.55. The second-order valence-electron chi connectivity index (χ2n) is 7.28. The maximum atomic E-state index is 13.0. The fourth-order valence-corrected chi connectivity index (χ4v) is 4.44. The molecule has 1 unspecified atom stereocenters. The van der Waals surface area contributed by atoms with Crippen molar-refractivity contribution in [3.8, 4) is 11.6 Å². The summed E-state index contributed by atoms with van der Waals surface area (Å²) in [4.78, 5) is 33.0. The van der Waals surface area contributed by atoms with Crippen molar-refractivity contribution < 1.29 is 18.5 Å². The molecule has 0 saturated heterocycles. The number of hydrogen-bond donors (Lipinski definition) is 1. The lowest BCUT2D eigenvalue weighted by Gasteiger charge is -2.30. The quantitative estimate of drug-likeness (QED) is 0.591. The number of carbonyl (C=O) groups is 2. The summed E-state index contributed by atoms with van der Waals surface area (Å²) in [6.45, 7) is 3.32. The Hall–Kier alpha value is -2.94. The average molecular weight is 429 g/mol. The lowest BCUT2D eigenvalue weighted by molar-refractivity contribution is -0.137. The van der Waals surface area contributed by atoms with Gasteiger partial charge in [-0.3, -0.25) is 9.59 Å². The van der Waals surface area contributed by atoms with E-state index in [0.717, 1.165) is 12.8 Å². The molecule has 8 nitrogen and oxygen atoms in total. The van der Waals surface area contributed by atoms with Gasteiger partial charge in [0, 0.05) is 30.8 Å². The second-order valence-corrected chi connectivity index (χ2v) is 8.28. The summed E-state index contributed by atoms with van der Waals surface area (Å²) in [6.07, 6.45) is 4.30. The minimum absolute atomic E-state index is 0.0139. The van der Waals surface area contributed by atoms with Crippen molar-refractivity contribution in [2.45, 2.75) is 51.6 Å². The molecule has 1 aliphatic heterocycles. The summed E-state index contributed by atoms with van der Waals surface area (Å²) in [7, 11) is 0. The number of aryl methyl sites for hydroxylation is 1. The van der Waals surface area contributed by atoms with Crippen LogP contribution in [0.3, 0.4) is 0 Å². The van der Waals surface area contributed by atoms with Gasteiger partial charge in [-0.15, -0.1) is 11.3 Å². The van der Waals surface area contributed by atoms with E-state index < -0.39 is 6.04 Å². The zero-order chi connectivity index (χ0) is 20.9. The van der Waals surface area contributed by atoms with E-state index >= 15 is 0 Å². The van der Waals surface area contributed by atoms with E-state index in [1.54, 1.807) is 23.5 Å². The molecular formula is C21H24N4O4S. The van der Waals surface area contributed by atoms with Gasteiger partial charge >= 0.3 is 0 Å². The topological polar surface area (TPSA) is 101 Å². The molecule has 0 radical (unpaired) electrons. The molecule has 0 saturated carbocycles. The number of fused-ring (bicyclic) bond motifs is 1. The maximum absolute atomic E-state index is 13.0. The Labute approximate surface area is 178 Å². The van der Waals surface area contributed by atoms with Crippen LogP contribution in [-0.2, 0) is 29.0 Å². The number of aromatic nitrogens is 2. The van der Waals surface area contributed by atoms with Crippen LogP contribution in [0, 0.1) is 0 Å². The third-order valence-corrected chi connectivity index (χ3v) is 6.13. The fraction of sp³-hybridized carbons (Fsp3) is 0.429. The van der Waals surface area contributed by atoms with E-state index in [4.69, 9.17) is 8.94 Å². The summed E-state index contributed by atoms with van der Waals surface area (Å²) >= 11 is 1.74. The highest BCUT2D eigenvalue weighted by atomic mass is 32.1. The van der Waals surface area contributed by atoms with Gasteiger partial charge in [0.1, 0.15) is 6.04 Å². The number of thiophene rings is 1. The molecular weight excluding hydrogens is 404 g/mol. The van der Waals surface area contributed by atoms with Crippen LogP contribution >= 0.6 is 11.3 Å². The SMILES string of the molecule is CCCC(NC(=O)CCc1nc(-c2ccco2)no1)C(=O)N1CCc2sccc2C1. The maximum Gasteiger partial charge on any atom is 0.245 e. The van der Waals surface area contributed by atoms with Crippen molar-refractivity contribution in [2.24, 2.45) is 0 Å². The molecule has 1 atom stereocenters. The van der Waals surface area contributed by atoms with Crippen LogP contribution in [0.15, 0.2) is 38.8 Å². The Morgan fingerprint density at radius 1 is 1.37 bits per heavy atom. The predicted octanol–water partition coefficient (Wildman–Crippen LogP) is 3.19. The van der Waals surface area contributed by atoms with Crippen molar-refractivity contribution in [3.63, 3.8) is 0 Å². The highest BCUT2D eigenvalue weighted by Gasteiger charge is 2.28. The summed E-state index contributed by atoms with van der Waals surface area (Å²) in [5.41, 5.74) is 1.21. The summed E-state index contributed by atoms with van der Waals surface area (Å²) in [5.74, 6) is 1.01. The zero-order valence-electron chi connectivity index (χ0n) is 16.8. The van der Waals surface area contributed by atoms with Crippen LogP contribution in [0.5, 0.6) is 0 Å². The van der Waals surface area contributed by atoms with Gasteiger partial charge in [-0.2, -0.15) is 4.98 Å². The van der Waals surface area contributed by atoms with E-state index in [0.29, 0.717) is 43.4 Å². The van der Waals surface area contributed by atoms with Gasteiger partial charge in [0.15, 0.2) is 5.76 Å². The smallest absolute Gasteiger partial charge is 0.245 e. The van der Waals surface area contributed by atoms with Crippen LogP contribution in [-0.4, -0.2) is 39.4 Å². The molecule has 0 aromatic carbocycles. The van der Waals surface area contributed by atoms with Crippen molar-refractivity contribution in [3.05, 3.63) is 46.2 Å². The summed E-state index contributed by atoms with van der Waals surface area (Å²) < 4.78 is 10.4. The molecule has 0 fully saturated rings. The number of rotatable bonds is 8. The third-order valence-electron chi connectivity index (χ3n) is 5.11. The van der Waals surface area contributed by atoms with Gasteiger partial charge in [-0.25, -0.2) is 0 Å². The Kier molecular flexibility index (Phi) is 6.27. The molecule has 3 aromatic heterocycles. The molecule has 30 heavy (non-hydrogen) atoms. The van der Waals surface area contributed by atoms with Crippen molar-refractivity contribution in [2.75, 3.05) is 6.54 Å². The van der Waals surface area contributed by atoms with Crippen molar-refractivity contribution in [1.82, 2.24) is 20.4 Å². The first-order chi connectivity index (χ1) is 14.6. The molecule has 4 heterocycles. The molecule has 1 aliphatic rings. The molecule has 4 rings (SSSR count). The van der Waals surface area contributed by atoms with Gasteiger partial charge in [-0.1, -0.05) is 18.5 Å². The first kappa shape index (κ1) is 20.3. The van der Waals surface area contributed by atoms with Crippen LogP contribution in [0.4, 0.5) is 0 Å². The van der Waals surface area contributed by atoms with Gasteiger partial charge in [0.25, 0.3) is 0 Å². The van der Waals surface area contributed by atoms with Gasteiger partial charge in [0.05, 0.1) is 6.26 Å². The van der Waals surface area contributed by atoms with Crippen molar-refractivity contribution in [1.29, 1.82) is 0 Å². The molecule has 158 valence electrons. The molecule has 1 N–H and O–H groups in total. The third kappa shape index (κ3) is 4.62. The molecule has 0 spiro atoms. The molecule has 0 bridgehead atoms. The first-order valence-electron chi connectivity index (χ1n) is 10.1. The zero-order valence-corrected chi connectivity index (χ0v) is 17.6. The summed E-state index contributed by atoms with van der Waals surface area (Å²) in [5, 5.41) is 8.83. The molecule has 0 aliphatic carbocycles. The van der Waals surface area contributed by atoms with Crippen molar-refractivity contribution >= 4 is 23.2 Å². The minimum Gasteiger partial charge on any atom is -0.461 e. The predicted molar refractivity (Wildman–Crippen MR) is 111 cm³/mol. The van der Waals surface area contributed by atoms with Crippen LogP contribution < -0.4 is 5.32 Å². The van der Waals surface area contributed by atoms with E-state index in [2.05, 4.69) is 26.9 Å². The van der Waals surface area contributed by atoms with Gasteiger partial charge in [0.2, 0.25) is 23.5 Å². The summed E-state index contributed by atoms with van der Waals surface area (Å²) in [6, 6.07) is 5.05. The number of furan rings is 1. The van der Waals surface area contributed by atoms with E-state index in [9.17, 15) is 9.59 Å². The largest absolute Gasteiger partial charge is 0.461 e. The monoisotopic (exact) mass is 428 g/mol. The molecule has 2 amide bonds. The second kappa shape index (κ2) is 9.25. The lowest BCUT2D eigenvalue weighted by Crippen LogP contribution is -2.49. The van der Waals surface area contributed by atoms with E-state index in [1.807, 2.05) is 11.8 Å². The Balaban J connectivity index is 1.31. The Morgan fingerprint density at radius 2 is 2.27 bits per heavy atom. The lowest BCUT2D eigenvalue weighted by atomic mass is 10.1. The highest BCUT2D eigenvalue weighted by molar-refractivity contribution is 7.10. The Morgan fingerprint density at radius 3 is 3.07 bits per heavy atom.